The first-order valence-corrected chi connectivity index (χ1v) is 9.41. The second kappa shape index (κ2) is 8.00. The predicted molar refractivity (Wildman–Crippen MR) is 112 cm³/mol. The summed E-state index contributed by atoms with van der Waals surface area (Å²) in [5.74, 6) is 0. The molecule has 1 heterocycles. The first-order valence-electron chi connectivity index (χ1n) is 7.14. The molecule has 0 aliphatic rings. The van der Waals surface area contributed by atoms with Crippen molar-refractivity contribution in [3.63, 3.8) is 0 Å². The summed E-state index contributed by atoms with van der Waals surface area (Å²) in [4.78, 5) is 15.0. The maximum absolute atomic E-state index is 11.5. The standard InChI is InChI=1S/C17H6Cl6N2O2/c18-10-3-1-7(14(20)16(10)22)9-5-12(24-6-13(9)25(26)27)8-2-4-11(19)17(23)15(8)21/h1-6H. The average Bonchev–Trinajstić information content (AvgIpc) is 2.64. The van der Waals surface area contributed by atoms with E-state index in [0.29, 0.717) is 16.8 Å². The number of aromatic nitrogens is 1. The van der Waals surface area contributed by atoms with Gasteiger partial charge in [-0.2, -0.15) is 0 Å². The van der Waals surface area contributed by atoms with Gasteiger partial charge in [0, 0.05) is 11.1 Å². The second-order valence-electron chi connectivity index (χ2n) is 5.29. The van der Waals surface area contributed by atoms with Gasteiger partial charge in [0.15, 0.2) is 0 Å². The summed E-state index contributed by atoms with van der Waals surface area (Å²) in [6.07, 6.45) is 1.11. The highest BCUT2D eigenvalue weighted by Crippen LogP contribution is 2.43. The smallest absolute Gasteiger partial charge is 0.258 e. The normalized spacial score (nSPS) is 10.9. The number of pyridine rings is 1. The third kappa shape index (κ3) is 3.83. The van der Waals surface area contributed by atoms with Crippen LogP contribution in [0.1, 0.15) is 0 Å². The van der Waals surface area contributed by atoms with Gasteiger partial charge in [-0.15, -0.1) is 0 Å². The lowest BCUT2D eigenvalue weighted by atomic mass is 10.0. The molecule has 0 radical (unpaired) electrons. The third-order valence-corrected chi connectivity index (χ3v) is 6.30. The van der Waals surface area contributed by atoms with E-state index in [1.165, 1.54) is 12.1 Å². The Morgan fingerprint density at radius 2 is 1.26 bits per heavy atom. The molecule has 0 saturated carbocycles. The minimum Gasteiger partial charge on any atom is -0.258 e. The number of rotatable bonds is 3. The minimum absolute atomic E-state index is 0.0876. The Hall–Kier alpha value is -1.27. The van der Waals surface area contributed by atoms with Crippen molar-refractivity contribution in [3.05, 3.63) is 76.8 Å². The van der Waals surface area contributed by atoms with Gasteiger partial charge in [-0.1, -0.05) is 75.7 Å². The molecule has 0 amide bonds. The molecule has 0 N–H and O–H groups in total. The highest BCUT2D eigenvalue weighted by atomic mass is 35.5. The van der Waals surface area contributed by atoms with E-state index in [0.717, 1.165) is 6.20 Å². The molecule has 3 rings (SSSR count). The lowest BCUT2D eigenvalue weighted by Gasteiger charge is -2.11. The third-order valence-electron chi connectivity index (χ3n) is 3.72. The first kappa shape index (κ1) is 20.5. The van der Waals surface area contributed by atoms with E-state index in [-0.39, 0.29) is 41.4 Å². The number of hydrogen-bond acceptors (Lipinski definition) is 3. The van der Waals surface area contributed by atoms with Gasteiger partial charge in [-0.3, -0.25) is 10.1 Å². The zero-order chi connectivity index (χ0) is 19.9. The summed E-state index contributed by atoms with van der Waals surface area (Å²) < 4.78 is 0. The Balaban J connectivity index is 2.29. The number of hydrogen-bond donors (Lipinski definition) is 0. The molecule has 4 nitrogen and oxygen atoms in total. The summed E-state index contributed by atoms with van der Waals surface area (Å²) in [7, 11) is 0. The van der Waals surface area contributed by atoms with Crippen LogP contribution in [0.25, 0.3) is 22.4 Å². The number of nitro groups is 1. The number of halogens is 6. The van der Waals surface area contributed by atoms with Gasteiger partial charge in [0.05, 0.1) is 46.3 Å². The van der Waals surface area contributed by atoms with Crippen LogP contribution in [0.15, 0.2) is 36.5 Å². The van der Waals surface area contributed by atoms with Crippen LogP contribution >= 0.6 is 69.6 Å². The molecular weight excluding hydrogens is 477 g/mol. The van der Waals surface area contributed by atoms with Crippen LogP contribution < -0.4 is 0 Å². The van der Waals surface area contributed by atoms with E-state index in [4.69, 9.17) is 69.6 Å². The quantitative estimate of drug-likeness (QED) is 0.214. The first-order chi connectivity index (χ1) is 12.7. The Labute approximate surface area is 183 Å². The molecule has 0 atom stereocenters. The van der Waals surface area contributed by atoms with Crippen LogP contribution in [0.5, 0.6) is 0 Å². The monoisotopic (exact) mass is 480 g/mol. The fraction of sp³-hybridized carbons (Fsp3) is 0. The molecule has 2 aromatic carbocycles. The van der Waals surface area contributed by atoms with Crippen LogP contribution in [0.2, 0.25) is 30.1 Å². The highest BCUT2D eigenvalue weighted by molar-refractivity contribution is 6.50. The lowest BCUT2D eigenvalue weighted by Crippen LogP contribution is -1.96. The van der Waals surface area contributed by atoms with Gasteiger partial charge < -0.3 is 0 Å². The van der Waals surface area contributed by atoms with Crippen LogP contribution in [-0.2, 0) is 0 Å². The van der Waals surface area contributed by atoms with E-state index in [9.17, 15) is 10.1 Å². The molecule has 1 aromatic heterocycles. The van der Waals surface area contributed by atoms with Gasteiger partial charge in [-0.25, -0.2) is 4.98 Å². The van der Waals surface area contributed by atoms with Crippen molar-refractivity contribution in [3.8, 4) is 22.4 Å². The molecule has 138 valence electrons. The molecular formula is C17H6Cl6N2O2. The molecule has 27 heavy (non-hydrogen) atoms. The van der Waals surface area contributed by atoms with Crippen molar-refractivity contribution < 1.29 is 4.92 Å². The van der Waals surface area contributed by atoms with Gasteiger partial charge >= 0.3 is 0 Å². The summed E-state index contributed by atoms with van der Waals surface area (Å²) >= 11 is 36.6. The zero-order valence-corrected chi connectivity index (χ0v) is 17.5. The van der Waals surface area contributed by atoms with E-state index in [1.54, 1.807) is 18.2 Å². The predicted octanol–water partition coefficient (Wildman–Crippen LogP) is 8.24. The molecule has 3 aromatic rings. The Morgan fingerprint density at radius 3 is 1.81 bits per heavy atom. The molecule has 0 aliphatic heterocycles. The van der Waals surface area contributed by atoms with E-state index >= 15 is 0 Å². The topological polar surface area (TPSA) is 56.0 Å². The van der Waals surface area contributed by atoms with Crippen molar-refractivity contribution in [1.29, 1.82) is 0 Å². The van der Waals surface area contributed by atoms with Crippen molar-refractivity contribution in [2.45, 2.75) is 0 Å². The largest absolute Gasteiger partial charge is 0.295 e. The molecule has 0 saturated heterocycles. The SMILES string of the molecule is O=[N+]([O-])c1cnc(-c2ccc(Cl)c(Cl)c2Cl)cc1-c1ccc(Cl)c(Cl)c1Cl. The van der Waals surface area contributed by atoms with Crippen LogP contribution in [-0.4, -0.2) is 9.91 Å². The van der Waals surface area contributed by atoms with Crippen molar-refractivity contribution in [1.82, 2.24) is 4.98 Å². The molecule has 10 heteroatoms. The van der Waals surface area contributed by atoms with E-state index in [2.05, 4.69) is 4.98 Å². The van der Waals surface area contributed by atoms with Gasteiger partial charge in [0.25, 0.3) is 5.69 Å². The maximum atomic E-state index is 11.5. The van der Waals surface area contributed by atoms with Crippen molar-refractivity contribution in [2.24, 2.45) is 0 Å². The van der Waals surface area contributed by atoms with E-state index in [1.807, 2.05) is 0 Å². The highest BCUT2D eigenvalue weighted by Gasteiger charge is 2.22. The molecule has 0 bridgehead atoms. The Kier molecular flexibility index (Phi) is 6.06. The van der Waals surface area contributed by atoms with Crippen LogP contribution in [0.3, 0.4) is 0 Å². The number of nitrogens with zero attached hydrogens (tertiary/aromatic N) is 2. The van der Waals surface area contributed by atoms with Crippen molar-refractivity contribution in [2.75, 3.05) is 0 Å². The van der Waals surface area contributed by atoms with Crippen LogP contribution in [0.4, 0.5) is 5.69 Å². The summed E-state index contributed by atoms with van der Waals surface area (Å²) in [6, 6.07) is 7.69. The molecule has 0 unspecified atom stereocenters. The molecule has 0 aliphatic carbocycles. The fourth-order valence-electron chi connectivity index (χ4n) is 2.41. The van der Waals surface area contributed by atoms with Gasteiger partial charge in [0.2, 0.25) is 0 Å². The summed E-state index contributed by atoms with van der Waals surface area (Å²) in [6.45, 7) is 0. The van der Waals surface area contributed by atoms with Gasteiger partial charge in [-0.05, 0) is 24.3 Å². The lowest BCUT2D eigenvalue weighted by molar-refractivity contribution is -0.384. The van der Waals surface area contributed by atoms with Crippen molar-refractivity contribution >= 4 is 75.3 Å². The summed E-state index contributed by atoms with van der Waals surface area (Å²) in [5, 5.41) is 12.5. The maximum Gasteiger partial charge on any atom is 0.295 e. The van der Waals surface area contributed by atoms with Gasteiger partial charge in [0.1, 0.15) is 6.20 Å². The summed E-state index contributed by atoms with van der Waals surface area (Å²) in [5.41, 5.74) is 1.09. The number of benzene rings is 2. The van der Waals surface area contributed by atoms with Crippen LogP contribution in [0, 0.1) is 10.1 Å². The van der Waals surface area contributed by atoms with E-state index < -0.39 is 4.92 Å². The Morgan fingerprint density at radius 1 is 0.741 bits per heavy atom. The second-order valence-corrected chi connectivity index (χ2v) is 7.62. The molecule has 0 spiro atoms. The zero-order valence-electron chi connectivity index (χ0n) is 12.9. The average molecular weight is 483 g/mol. The minimum atomic E-state index is -0.568. The Bertz CT molecular complexity index is 1090. The molecule has 0 fully saturated rings. The fourth-order valence-corrected chi connectivity index (χ4v) is 3.68.